The van der Waals surface area contributed by atoms with Crippen LogP contribution in [0.15, 0.2) is 30.3 Å². The normalized spacial score (nSPS) is 11.9. The largest absolute Gasteiger partial charge is 0.445 e. The first-order valence-corrected chi connectivity index (χ1v) is 6.45. The molecule has 0 aliphatic rings. The van der Waals surface area contributed by atoms with Crippen molar-refractivity contribution >= 4 is 11.8 Å². The zero-order valence-electron chi connectivity index (χ0n) is 11.1. The maximum Gasteiger partial charge on any atom is 0.411 e. The van der Waals surface area contributed by atoms with Crippen LogP contribution in [0.3, 0.4) is 0 Å². The Kier molecular flexibility index (Phi) is 6.87. The molecular weight excluding hydrogens is 228 g/mol. The highest BCUT2D eigenvalue weighted by Crippen LogP contribution is 2.05. The molecule has 100 valence electrons. The third-order valence-electron chi connectivity index (χ3n) is 2.47. The average molecular weight is 250 g/mol. The summed E-state index contributed by atoms with van der Waals surface area (Å²) in [6, 6.07) is 9.28. The van der Waals surface area contributed by atoms with Gasteiger partial charge in [0.25, 0.3) is 0 Å². The van der Waals surface area contributed by atoms with Gasteiger partial charge in [0.15, 0.2) is 0 Å². The summed E-state index contributed by atoms with van der Waals surface area (Å²) in [5.74, 6) is 0. The lowest BCUT2D eigenvalue weighted by Gasteiger charge is -2.14. The minimum Gasteiger partial charge on any atom is -0.445 e. The quantitative estimate of drug-likeness (QED) is 0.731. The van der Waals surface area contributed by atoms with Gasteiger partial charge < -0.3 is 10.1 Å². The van der Waals surface area contributed by atoms with Crippen LogP contribution in [0.5, 0.6) is 0 Å². The second-order valence-electron chi connectivity index (χ2n) is 4.26. The number of anilines is 1. The van der Waals surface area contributed by atoms with E-state index in [9.17, 15) is 4.79 Å². The lowest BCUT2D eigenvalue weighted by molar-refractivity contribution is 0.119. The smallest absolute Gasteiger partial charge is 0.411 e. The van der Waals surface area contributed by atoms with Crippen LogP contribution in [-0.4, -0.2) is 25.3 Å². The highest BCUT2D eigenvalue weighted by Gasteiger charge is 2.08. The number of hydrogen-bond acceptors (Lipinski definition) is 3. The third kappa shape index (κ3) is 6.25. The first kappa shape index (κ1) is 14.5. The van der Waals surface area contributed by atoms with Gasteiger partial charge in [-0.25, -0.2) is 4.79 Å². The number of carbonyl (C=O) groups excluding carboxylic acids is 1. The van der Waals surface area contributed by atoms with Crippen molar-refractivity contribution in [3.05, 3.63) is 30.3 Å². The average Bonchev–Trinajstić information content (AvgIpc) is 2.35. The predicted molar refractivity (Wildman–Crippen MR) is 73.8 cm³/mol. The standard InChI is InChI=1S/C14H22N2O2/c1-3-4-10-15-11-12(2)18-14(17)16-13-8-6-5-7-9-13/h5-9,12,15H,3-4,10-11H2,1-2H3,(H,16,17). The zero-order valence-corrected chi connectivity index (χ0v) is 11.1. The Labute approximate surface area is 109 Å². The molecule has 4 heteroatoms. The van der Waals surface area contributed by atoms with Crippen LogP contribution in [0.25, 0.3) is 0 Å². The maximum atomic E-state index is 11.6. The molecule has 2 N–H and O–H groups in total. The Morgan fingerprint density at radius 1 is 1.33 bits per heavy atom. The molecule has 0 saturated heterocycles. The second-order valence-corrected chi connectivity index (χ2v) is 4.26. The van der Waals surface area contributed by atoms with Crippen molar-refractivity contribution in [2.75, 3.05) is 18.4 Å². The zero-order chi connectivity index (χ0) is 13.2. The molecule has 0 aliphatic heterocycles. The highest BCUT2D eigenvalue weighted by molar-refractivity contribution is 5.84. The molecular formula is C14H22N2O2. The van der Waals surface area contributed by atoms with E-state index < -0.39 is 6.09 Å². The van der Waals surface area contributed by atoms with E-state index in [0.717, 1.165) is 25.1 Å². The van der Waals surface area contributed by atoms with E-state index in [1.807, 2.05) is 37.3 Å². The maximum absolute atomic E-state index is 11.6. The van der Waals surface area contributed by atoms with E-state index in [1.54, 1.807) is 0 Å². The molecule has 0 fully saturated rings. The molecule has 0 spiro atoms. The van der Waals surface area contributed by atoms with Crippen molar-refractivity contribution in [3.63, 3.8) is 0 Å². The van der Waals surface area contributed by atoms with Crippen LogP contribution in [0.2, 0.25) is 0 Å². The van der Waals surface area contributed by atoms with Crippen LogP contribution in [0, 0.1) is 0 Å². The minimum atomic E-state index is -0.411. The third-order valence-corrected chi connectivity index (χ3v) is 2.47. The molecule has 0 aromatic heterocycles. The van der Waals surface area contributed by atoms with E-state index in [4.69, 9.17) is 4.74 Å². The SMILES string of the molecule is CCCCNCC(C)OC(=O)Nc1ccccc1. The molecule has 1 unspecified atom stereocenters. The lowest BCUT2D eigenvalue weighted by atomic mass is 10.3. The number of ether oxygens (including phenoxy) is 1. The summed E-state index contributed by atoms with van der Waals surface area (Å²) < 4.78 is 5.22. The van der Waals surface area contributed by atoms with Gasteiger partial charge in [-0.15, -0.1) is 0 Å². The first-order chi connectivity index (χ1) is 8.72. The molecule has 0 aliphatic carbocycles. The number of nitrogens with one attached hydrogen (secondary N) is 2. The van der Waals surface area contributed by atoms with E-state index in [0.29, 0.717) is 6.54 Å². The van der Waals surface area contributed by atoms with Gasteiger partial charge in [0.05, 0.1) is 0 Å². The summed E-state index contributed by atoms with van der Waals surface area (Å²) >= 11 is 0. The number of benzene rings is 1. The van der Waals surface area contributed by atoms with Gasteiger partial charge in [-0.1, -0.05) is 31.5 Å². The van der Waals surface area contributed by atoms with Crippen molar-refractivity contribution in [1.82, 2.24) is 5.32 Å². The fraction of sp³-hybridized carbons (Fsp3) is 0.500. The van der Waals surface area contributed by atoms with Crippen LogP contribution < -0.4 is 10.6 Å². The number of para-hydroxylation sites is 1. The van der Waals surface area contributed by atoms with E-state index >= 15 is 0 Å². The Balaban J connectivity index is 2.19. The molecule has 1 amide bonds. The Bertz CT molecular complexity index is 341. The molecule has 1 aromatic rings. The number of hydrogen-bond donors (Lipinski definition) is 2. The molecule has 0 bridgehead atoms. The van der Waals surface area contributed by atoms with Crippen LogP contribution in [0.1, 0.15) is 26.7 Å². The lowest BCUT2D eigenvalue weighted by Crippen LogP contribution is -2.30. The summed E-state index contributed by atoms with van der Waals surface area (Å²) in [5.41, 5.74) is 0.744. The van der Waals surface area contributed by atoms with Crippen LogP contribution in [0.4, 0.5) is 10.5 Å². The van der Waals surface area contributed by atoms with Gasteiger partial charge in [-0.3, -0.25) is 5.32 Å². The van der Waals surface area contributed by atoms with Crippen LogP contribution in [-0.2, 0) is 4.74 Å². The second kappa shape index (κ2) is 8.53. The van der Waals surface area contributed by atoms with Crippen molar-refractivity contribution in [2.45, 2.75) is 32.8 Å². The van der Waals surface area contributed by atoms with Gasteiger partial charge in [-0.2, -0.15) is 0 Å². The summed E-state index contributed by atoms with van der Waals surface area (Å²) in [7, 11) is 0. The van der Waals surface area contributed by atoms with Gasteiger partial charge in [0, 0.05) is 12.2 Å². The summed E-state index contributed by atoms with van der Waals surface area (Å²) in [6.45, 7) is 5.67. The molecule has 0 heterocycles. The summed E-state index contributed by atoms with van der Waals surface area (Å²) in [6.07, 6.45) is 1.76. The Morgan fingerprint density at radius 2 is 2.06 bits per heavy atom. The molecule has 1 aromatic carbocycles. The Morgan fingerprint density at radius 3 is 2.72 bits per heavy atom. The molecule has 0 saturated carbocycles. The Hall–Kier alpha value is -1.55. The van der Waals surface area contributed by atoms with Crippen molar-refractivity contribution in [3.8, 4) is 0 Å². The van der Waals surface area contributed by atoms with Gasteiger partial charge in [0.2, 0.25) is 0 Å². The topological polar surface area (TPSA) is 50.4 Å². The van der Waals surface area contributed by atoms with Crippen LogP contribution >= 0.6 is 0 Å². The minimum absolute atomic E-state index is 0.134. The molecule has 1 atom stereocenters. The number of unbranched alkanes of at least 4 members (excludes halogenated alkanes) is 1. The summed E-state index contributed by atoms with van der Waals surface area (Å²) in [5, 5.41) is 5.94. The fourth-order valence-corrected chi connectivity index (χ4v) is 1.50. The monoisotopic (exact) mass is 250 g/mol. The fourth-order valence-electron chi connectivity index (χ4n) is 1.50. The number of carbonyl (C=O) groups is 1. The molecule has 4 nitrogen and oxygen atoms in total. The van der Waals surface area contributed by atoms with Crippen molar-refractivity contribution < 1.29 is 9.53 Å². The molecule has 1 rings (SSSR count). The van der Waals surface area contributed by atoms with E-state index in [1.165, 1.54) is 0 Å². The van der Waals surface area contributed by atoms with E-state index in [2.05, 4.69) is 17.6 Å². The van der Waals surface area contributed by atoms with Crippen molar-refractivity contribution in [2.24, 2.45) is 0 Å². The number of amides is 1. The molecule has 18 heavy (non-hydrogen) atoms. The van der Waals surface area contributed by atoms with Crippen molar-refractivity contribution in [1.29, 1.82) is 0 Å². The van der Waals surface area contributed by atoms with Gasteiger partial charge in [0.1, 0.15) is 6.10 Å². The highest BCUT2D eigenvalue weighted by atomic mass is 16.6. The van der Waals surface area contributed by atoms with Gasteiger partial charge in [-0.05, 0) is 32.0 Å². The number of rotatable bonds is 7. The molecule has 0 radical (unpaired) electrons. The summed E-state index contributed by atoms with van der Waals surface area (Å²) in [4.78, 5) is 11.6. The van der Waals surface area contributed by atoms with Gasteiger partial charge >= 0.3 is 6.09 Å². The van der Waals surface area contributed by atoms with E-state index in [-0.39, 0.29) is 6.10 Å². The first-order valence-electron chi connectivity index (χ1n) is 6.45. The predicted octanol–water partition coefficient (Wildman–Crippen LogP) is 3.01.